The summed E-state index contributed by atoms with van der Waals surface area (Å²) in [5.41, 5.74) is 8.67. The molecule has 0 saturated heterocycles. The topological polar surface area (TPSA) is 44.2 Å². The number of H-pyrrole nitrogens is 1. The van der Waals surface area contributed by atoms with Gasteiger partial charge in [-0.05, 0) is 92.0 Å². The van der Waals surface area contributed by atoms with Gasteiger partial charge in [-0.2, -0.15) is 0 Å². The van der Waals surface area contributed by atoms with Crippen molar-refractivity contribution in [3.63, 3.8) is 0 Å². The predicted molar refractivity (Wildman–Crippen MR) is 182 cm³/mol. The summed E-state index contributed by atoms with van der Waals surface area (Å²) in [6.45, 7) is 8.14. The van der Waals surface area contributed by atoms with Gasteiger partial charge in [-0.3, -0.25) is 0 Å². The molecular formula is C39H38FN3O. The Bertz CT molecular complexity index is 2120. The fourth-order valence-electron chi connectivity index (χ4n) is 7.04. The second-order valence-corrected chi connectivity index (χ2v) is 11.8. The molecule has 0 fully saturated rings. The lowest BCUT2D eigenvalue weighted by atomic mass is 9.96. The van der Waals surface area contributed by atoms with Gasteiger partial charge in [0.05, 0.1) is 16.6 Å². The van der Waals surface area contributed by atoms with Crippen molar-refractivity contribution < 1.29 is 9.50 Å². The first-order valence-electron chi connectivity index (χ1n) is 15.8. The van der Waals surface area contributed by atoms with Crippen molar-refractivity contribution in [2.45, 2.75) is 39.7 Å². The zero-order valence-corrected chi connectivity index (χ0v) is 25.4. The van der Waals surface area contributed by atoms with Crippen LogP contribution in [0, 0.1) is 5.82 Å². The van der Waals surface area contributed by atoms with Crippen LogP contribution in [0.2, 0.25) is 0 Å². The van der Waals surface area contributed by atoms with Crippen molar-refractivity contribution in [1.29, 1.82) is 0 Å². The number of aryl methyl sites for hydroxylation is 1. The average molecular weight is 584 g/mol. The maximum Gasteiger partial charge on any atom is 0.123 e. The molecule has 2 heterocycles. The summed E-state index contributed by atoms with van der Waals surface area (Å²) in [4.78, 5) is 6.14. The Labute approximate surface area is 257 Å². The minimum atomic E-state index is -0.233. The molecule has 5 aromatic carbocycles. The van der Waals surface area contributed by atoms with E-state index in [1.807, 2.05) is 18.2 Å². The summed E-state index contributed by atoms with van der Waals surface area (Å²) in [5.74, 6) is 0.0448. The van der Waals surface area contributed by atoms with Gasteiger partial charge < -0.3 is 19.6 Å². The number of aromatic amines is 1. The van der Waals surface area contributed by atoms with Crippen LogP contribution in [-0.4, -0.2) is 39.2 Å². The fourth-order valence-corrected chi connectivity index (χ4v) is 7.04. The van der Waals surface area contributed by atoms with Crippen LogP contribution >= 0.6 is 0 Å². The third-order valence-corrected chi connectivity index (χ3v) is 9.17. The third-order valence-electron chi connectivity index (χ3n) is 9.17. The number of nitrogens with zero attached hydrogens (tertiary/aromatic N) is 2. The molecular weight excluding hydrogens is 545 g/mol. The number of nitrogens with one attached hydrogen (secondary N) is 1. The number of aromatic nitrogens is 2. The zero-order valence-electron chi connectivity index (χ0n) is 25.4. The van der Waals surface area contributed by atoms with Gasteiger partial charge in [0, 0.05) is 39.2 Å². The average Bonchev–Trinajstić information content (AvgIpc) is 3.57. The standard InChI is InChI=1S/C39H38FN3O/c1-3-42(4-2)21-8-7-13-27-23-29(44)24-34-37-31(33-18-10-17-32-30-15-5-6-19-35(30)41-38(32)33)16-11-20-36(37)43(39(27)34)25-26-12-9-14-28(40)22-26/h5-6,9-12,14-20,22-24,41,44H,3-4,7-8,13,21,25H2,1-2H3. The Morgan fingerprint density at radius 3 is 2.39 bits per heavy atom. The molecule has 5 heteroatoms. The van der Waals surface area contributed by atoms with Crippen molar-refractivity contribution in [3.05, 3.63) is 114 Å². The van der Waals surface area contributed by atoms with Gasteiger partial charge >= 0.3 is 0 Å². The van der Waals surface area contributed by atoms with E-state index in [0.717, 1.165) is 94.0 Å². The van der Waals surface area contributed by atoms with E-state index in [4.69, 9.17) is 0 Å². The number of unbranched alkanes of at least 4 members (excludes halogenated alkanes) is 1. The molecule has 0 aliphatic rings. The summed E-state index contributed by atoms with van der Waals surface area (Å²) in [5, 5.41) is 15.6. The molecule has 7 aromatic rings. The first-order valence-corrected chi connectivity index (χ1v) is 15.8. The predicted octanol–water partition coefficient (Wildman–Crippen LogP) is 9.65. The molecule has 7 rings (SSSR count). The smallest absolute Gasteiger partial charge is 0.123 e. The highest BCUT2D eigenvalue weighted by molar-refractivity contribution is 6.20. The molecule has 0 unspecified atom stereocenters. The molecule has 222 valence electrons. The number of rotatable bonds is 10. The minimum Gasteiger partial charge on any atom is -0.508 e. The fraction of sp³-hybridized carbons (Fsp3) is 0.231. The third kappa shape index (κ3) is 5.01. The number of para-hydroxylation sites is 2. The molecule has 0 radical (unpaired) electrons. The van der Waals surface area contributed by atoms with Crippen LogP contribution in [0.15, 0.2) is 97.1 Å². The minimum absolute atomic E-state index is 0.233. The van der Waals surface area contributed by atoms with E-state index in [0.29, 0.717) is 6.54 Å². The number of hydrogen-bond acceptors (Lipinski definition) is 2. The zero-order chi connectivity index (χ0) is 30.2. The molecule has 0 aliphatic carbocycles. The molecule has 2 N–H and O–H groups in total. The van der Waals surface area contributed by atoms with Crippen molar-refractivity contribution in [2.24, 2.45) is 0 Å². The van der Waals surface area contributed by atoms with Gasteiger partial charge in [-0.15, -0.1) is 0 Å². The molecule has 44 heavy (non-hydrogen) atoms. The van der Waals surface area contributed by atoms with Crippen LogP contribution in [0.5, 0.6) is 5.75 Å². The summed E-state index contributed by atoms with van der Waals surface area (Å²) in [7, 11) is 0. The Hall–Kier alpha value is -4.61. The highest BCUT2D eigenvalue weighted by Crippen LogP contribution is 2.43. The molecule has 0 amide bonds. The summed E-state index contributed by atoms with van der Waals surface area (Å²) in [6, 6.07) is 32.1. The van der Waals surface area contributed by atoms with E-state index in [1.54, 1.807) is 12.1 Å². The van der Waals surface area contributed by atoms with E-state index in [9.17, 15) is 9.50 Å². The summed E-state index contributed by atoms with van der Waals surface area (Å²) < 4.78 is 16.7. The van der Waals surface area contributed by atoms with Gasteiger partial charge in [0.15, 0.2) is 0 Å². The maximum absolute atomic E-state index is 14.4. The van der Waals surface area contributed by atoms with Crippen LogP contribution in [-0.2, 0) is 13.0 Å². The quantitative estimate of drug-likeness (QED) is 0.157. The normalized spacial score (nSPS) is 12.0. The number of phenolic OH excluding ortho intramolecular Hbond substituents is 1. The Kier molecular flexibility index (Phi) is 7.57. The molecule has 0 aliphatic heterocycles. The summed E-state index contributed by atoms with van der Waals surface area (Å²) >= 11 is 0. The number of hydrogen-bond donors (Lipinski definition) is 2. The lowest BCUT2D eigenvalue weighted by Gasteiger charge is -2.17. The van der Waals surface area contributed by atoms with Crippen LogP contribution < -0.4 is 0 Å². The van der Waals surface area contributed by atoms with Crippen molar-refractivity contribution in [2.75, 3.05) is 19.6 Å². The van der Waals surface area contributed by atoms with Gasteiger partial charge in [0.1, 0.15) is 11.6 Å². The number of phenols is 1. The highest BCUT2D eigenvalue weighted by atomic mass is 19.1. The van der Waals surface area contributed by atoms with Gasteiger partial charge in [0.25, 0.3) is 0 Å². The van der Waals surface area contributed by atoms with Crippen molar-refractivity contribution >= 4 is 43.6 Å². The Morgan fingerprint density at radius 1 is 0.773 bits per heavy atom. The van der Waals surface area contributed by atoms with E-state index in [1.165, 1.54) is 16.8 Å². The number of halogens is 1. The SMILES string of the molecule is CCN(CC)CCCCc1cc(O)cc2c3c(-c4cccc5c4[nH]c4ccccc45)cccc3n(Cc3cccc(F)c3)c12. The molecule has 4 nitrogen and oxygen atoms in total. The van der Waals surface area contributed by atoms with Gasteiger partial charge in [-0.25, -0.2) is 4.39 Å². The molecule has 2 aromatic heterocycles. The monoisotopic (exact) mass is 583 g/mol. The Morgan fingerprint density at radius 2 is 1.55 bits per heavy atom. The Balaban J connectivity index is 1.44. The van der Waals surface area contributed by atoms with Crippen molar-refractivity contribution in [1.82, 2.24) is 14.5 Å². The van der Waals surface area contributed by atoms with Crippen LogP contribution in [0.4, 0.5) is 4.39 Å². The molecule has 0 atom stereocenters. The van der Waals surface area contributed by atoms with E-state index >= 15 is 0 Å². The first-order chi connectivity index (χ1) is 21.6. The number of aromatic hydroxyl groups is 1. The molecule has 0 saturated carbocycles. The molecule has 0 spiro atoms. The lowest BCUT2D eigenvalue weighted by molar-refractivity contribution is 0.297. The van der Waals surface area contributed by atoms with Gasteiger partial charge in [0.2, 0.25) is 0 Å². The highest BCUT2D eigenvalue weighted by Gasteiger charge is 2.20. The first kappa shape index (κ1) is 28.2. The van der Waals surface area contributed by atoms with Crippen LogP contribution in [0.3, 0.4) is 0 Å². The van der Waals surface area contributed by atoms with Crippen LogP contribution in [0.25, 0.3) is 54.7 Å². The van der Waals surface area contributed by atoms with E-state index < -0.39 is 0 Å². The maximum atomic E-state index is 14.4. The number of benzene rings is 5. The second kappa shape index (κ2) is 11.8. The number of fused-ring (bicyclic) bond motifs is 6. The van der Waals surface area contributed by atoms with Crippen molar-refractivity contribution in [3.8, 4) is 16.9 Å². The largest absolute Gasteiger partial charge is 0.508 e. The molecule has 0 bridgehead atoms. The van der Waals surface area contributed by atoms with E-state index in [2.05, 4.69) is 89.0 Å². The lowest BCUT2D eigenvalue weighted by Crippen LogP contribution is -2.23. The summed E-state index contributed by atoms with van der Waals surface area (Å²) in [6.07, 6.45) is 2.98. The van der Waals surface area contributed by atoms with Gasteiger partial charge in [-0.1, -0.05) is 74.5 Å². The van der Waals surface area contributed by atoms with E-state index in [-0.39, 0.29) is 11.6 Å². The second-order valence-electron chi connectivity index (χ2n) is 11.8. The van der Waals surface area contributed by atoms with Crippen LogP contribution in [0.1, 0.15) is 37.8 Å².